The molecule has 0 aromatic carbocycles. The number of aryl methyl sites for hydroxylation is 1. The van der Waals surface area contributed by atoms with Crippen molar-refractivity contribution in [3.8, 4) is 0 Å². The Morgan fingerprint density at radius 3 is 2.64 bits per heavy atom. The highest BCUT2D eigenvalue weighted by atomic mass is 16.4. The second kappa shape index (κ2) is 3.32. The number of rotatable bonds is 1. The summed E-state index contributed by atoms with van der Waals surface area (Å²) in [7, 11) is -1.52. The van der Waals surface area contributed by atoms with Crippen LogP contribution in [0.1, 0.15) is 5.69 Å². The van der Waals surface area contributed by atoms with Gasteiger partial charge in [0, 0.05) is 23.6 Å². The second-order valence-corrected chi connectivity index (χ2v) is 2.94. The lowest BCUT2D eigenvalue weighted by Crippen LogP contribution is -2.33. The summed E-state index contributed by atoms with van der Waals surface area (Å²) < 4.78 is 0. The maximum Gasteiger partial charge on any atom is 0.490 e. The van der Waals surface area contributed by atoms with E-state index < -0.39 is 7.12 Å². The van der Waals surface area contributed by atoms with Crippen LogP contribution in [0.5, 0.6) is 0 Å². The fourth-order valence-electron chi connectivity index (χ4n) is 1.27. The van der Waals surface area contributed by atoms with Crippen LogP contribution in [-0.4, -0.2) is 32.1 Å². The topological polar surface area (TPSA) is 79.1 Å². The van der Waals surface area contributed by atoms with Gasteiger partial charge in [-0.25, -0.2) is 9.97 Å². The average Bonchev–Trinajstić information content (AvgIpc) is 2.16. The molecule has 0 amide bonds. The molecule has 2 aromatic rings. The fourth-order valence-corrected chi connectivity index (χ4v) is 1.27. The van der Waals surface area contributed by atoms with Gasteiger partial charge in [0.15, 0.2) is 5.65 Å². The van der Waals surface area contributed by atoms with Gasteiger partial charge in [-0.3, -0.25) is 4.98 Å². The molecule has 0 spiro atoms. The molecule has 0 saturated carbocycles. The van der Waals surface area contributed by atoms with Gasteiger partial charge in [0.25, 0.3) is 0 Å². The molecule has 0 aliphatic carbocycles. The van der Waals surface area contributed by atoms with Crippen molar-refractivity contribution in [3.05, 3.63) is 24.2 Å². The molecule has 0 unspecified atom stereocenters. The fraction of sp³-hybridized carbons (Fsp3) is 0.125. The van der Waals surface area contributed by atoms with Gasteiger partial charge in [-0.1, -0.05) is 0 Å². The first kappa shape index (κ1) is 9.05. The Morgan fingerprint density at radius 2 is 1.93 bits per heavy atom. The van der Waals surface area contributed by atoms with E-state index in [9.17, 15) is 0 Å². The summed E-state index contributed by atoms with van der Waals surface area (Å²) in [6.45, 7) is 1.70. The van der Waals surface area contributed by atoms with Crippen LogP contribution in [0.2, 0.25) is 0 Å². The molecule has 2 aromatic heterocycles. The van der Waals surface area contributed by atoms with Crippen LogP contribution in [0.4, 0.5) is 0 Å². The molecule has 70 valence electrons. The van der Waals surface area contributed by atoms with E-state index in [0.29, 0.717) is 22.3 Å². The van der Waals surface area contributed by atoms with Crippen LogP contribution < -0.4 is 5.46 Å². The van der Waals surface area contributed by atoms with Gasteiger partial charge in [0.2, 0.25) is 0 Å². The van der Waals surface area contributed by atoms with Crippen LogP contribution >= 0.6 is 0 Å². The highest BCUT2D eigenvalue weighted by molar-refractivity contribution is 6.59. The van der Waals surface area contributed by atoms with E-state index in [2.05, 4.69) is 15.0 Å². The predicted octanol–water partition coefficient (Wildman–Crippen LogP) is -0.987. The van der Waals surface area contributed by atoms with Crippen molar-refractivity contribution in [2.75, 3.05) is 0 Å². The van der Waals surface area contributed by atoms with Crippen molar-refractivity contribution < 1.29 is 10.0 Å². The zero-order chi connectivity index (χ0) is 10.1. The van der Waals surface area contributed by atoms with Crippen LogP contribution in [0.3, 0.4) is 0 Å². The second-order valence-electron chi connectivity index (χ2n) is 2.94. The summed E-state index contributed by atoms with van der Waals surface area (Å²) in [5.74, 6) is 0. The maximum atomic E-state index is 9.03. The Labute approximate surface area is 80.6 Å². The average molecular weight is 189 g/mol. The van der Waals surface area contributed by atoms with Gasteiger partial charge in [0.05, 0.1) is 0 Å². The third-order valence-corrected chi connectivity index (χ3v) is 1.97. The van der Waals surface area contributed by atoms with Crippen LogP contribution in [-0.2, 0) is 0 Å². The van der Waals surface area contributed by atoms with Gasteiger partial charge in [-0.2, -0.15) is 0 Å². The lowest BCUT2D eigenvalue weighted by Gasteiger charge is -2.04. The minimum Gasteiger partial charge on any atom is -0.423 e. The van der Waals surface area contributed by atoms with Gasteiger partial charge in [-0.15, -0.1) is 0 Å². The molecule has 0 aliphatic rings. The normalized spacial score (nSPS) is 10.5. The van der Waals surface area contributed by atoms with E-state index in [1.54, 1.807) is 19.2 Å². The quantitative estimate of drug-likeness (QED) is 0.563. The maximum absolute atomic E-state index is 9.03. The standard InChI is InChI=1S/C8H8BN3O2/c1-5-6(9(13)14)4-7-8(12-5)11-3-2-10-7/h2-4,13-14H,1H3. The van der Waals surface area contributed by atoms with Crippen molar-refractivity contribution in [2.24, 2.45) is 0 Å². The molecule has 0 fully saturated rings. The minimum atomic E-state index is -1.52. The lowest BCUT2D eigenvalue weighted by atomic mass is 9.79. The lowest BCUT2D eigenvalue weighted by molar-refractivity contribution is 0.425. The van der Waals surface area contributed by atoms with Crippen molar-refractivity contribution in [1.29, 1.82) is 0 Å². The van der Waals surface area contributed by atoms with Crippen molar-refractivity contribution in [3.63, 3.8) is 0 Å². The van der Waals surface area contributed by atoms with Crippen molar-refractivity contribution >= 4 is 23.7 Å². The Morgan fingerprint density at radius 1 is 1.21 bits per heavy atom. The number of nitrogens with zero attached hydrogens (tertiary/aromatic N) is 3. The zero-order valence-corrected chi connectivity index (χ0v) is 7.55. The van der Waals surface area contributed by atoms with Gasteiger partial charge in [-0.05, 0) is 13.0 Å². The van der Waals surface area contributed by atoms with E-state index >= 15 is 0 Å². The van der Waals surface area contributed by atoms with Gasteiger partial charge < -0.3 is 10.0 Å². The highest BCUT2D eigenvalue weighted by Gasteiger charge is 2.16. The largest absolute Gasteiger partial charge is 0.490 e. The van der Waals surface area contributed by atoms with E-state index in [-0.39, 0.29) is 0 Å². The number of hydrogen-bond acceptors (Lipinski definition) is 5. The number of aromatic nitrogens is 3. The molecule has 2 heterocycles. The molecule has 0 radical (unpaired) electrons. The molecule has 0 bridgehead atoms. The molecule has 0 aliphatic heterocycles. The van der Waals surface area contributed by atoms with E-state index in [0.717, 1.165) is 0 Å². The van der Waals surface area contributed by atoms with Gasteiger partial charge >= 0.3 is 7.12 Å². The third-order valence-electron chi connectivity index (χ3n) is 1.97. The number of pyridine rings is 1. The predicted molar refractivity (Wildman–Crippen MR) is 51.9 cm³/mol. The van der Waals surface area contributed by atoms with E-state index in [4.69, 9.17) is 10.0 Å². The summed E-state index contributed by atoms with van der Waals surface area (Å²) in [6, 6.07) is 1.58. The first-order valence-electron chi connectivity index (χ1n) is 4.13. The Hall–Kier alpha value is -1.53. The van der Waals surface area contributed by atoms with Gasteiger partial charge in [0.1, 0.15) is 5.52 Å². The Kier molecular flexibility index (Phi) is 2.15. The highest BCUT2D eigenvalue weighted by Crippen LogP contribution is 2.04. The third kappa shape index (κ3) is 1.45. The molecule has 0 atom stereocenters. The summed E-state index contributed by atoms with van der Waals surface area (Å²) in [5.41, 5.74) is 1.97. The SMILES string of the molecule is Cc1nc2nccnc2cc1B(O)O. The zero-order valence-electron chi connectivity index (χ0n) is 7.55. The van der Waals surface area contributed by atoms with Crippen LogP contribution in [0.25, 0.3) is 11.2 Å². The smallest absolute Gasteiger partial charge is 0.423 e. The van der Waals surface area contributed by atoms with Crippen LogP contribution in [0, 0.1) is 6.92 Å². The first-order chi connectivity index (χ1) is 6.68. The van der Waals surface area contributed by atoms with Crippen LogP contribution in [0.15, 0.2) is 18.5 Å². The molecule has 14 heavy (non-hydrogen) atoms. The number of hydrogen-bond donors (Lipinski definition) is 2. The molecular formula is C8H8BN3O2. The molecule has 6 heteroatoms. The summed E-state index contributed by atoms with van der Waals surface area (Å²) >= 11 is 0. The van der Waals surface area contributed by atoms with E-state index in [1.807, 2.05) is 0 Å². The minimum absolute atomic E-state index is 0.359. The molecule has 0 saturated heterocycles. The number of fused-ring (bicyclic) bond motifs is 1. The molecular weight excluding hydrogens is 181 g/mol. The van der Waals surface area contributed by atoms with E-state index in [1.165, 1.54) is 6.20 Å². The van der Waals surface area contributed by atoms with Crippen molar-refractivity contribution in [1.82, 2.24) is 15.0 Å². The molecule has 5 nitrogen and oxygen atoms in total. The van der Waals surface area contributed by atoms with Crippen molar-refractivity contribution in [2.45, 2.75) is 6.92 Å². The Bertz CT molecular complexity index is 475. The molecule has 2 N–H and O–H groups in total. The first-order valence-corrected chi connectivity index (χ1v) is 4.13. The summed E-state index contributed by atoms with van der Waals surface area (Å²) in [4.78, 5) is 12.1. The summed E-state index contributed by atoms with van der Waals surface area (Å²) in [5, 5.41) is 18.1. The summed E-state index contributed by atoms with van der Waals surface area (Å²) in [6.07, 6.45) is 3.08. The molecule has 2 rings (SSSR count). The Balaban J connectivity index is 2.71. The monoisotopic (exact) mass is 189 g/mol.